The van der Waals surface area contributed by atoms with Gasteiger partial charge in [0.2, 0.25) is 0 Å². The third kappa shape index (κ3) is 5.34. The van der Waals surface area contributed by atoms with Crippen LogP contribution in [0.25, 0.3) is 55.6 Å². The predicted molar refractivity (Wildman–Crippen MR) is 201 cm³/mol. The lowest BCUT2D eigenvalue weighted by Gasteiger charge is -2.14. The number of hydrogen-bond acceptors (Lipinski definition) is 2. The van der Waals surface area contributed by atoms with Gasteiger partial charge in [-0.05, 0) is 83.3 Å². The maximum atomic E-state index is 6.45. The molecule has 0 atom stereocenters. The molecule has 1 aliphatic carbocycles. The van der Waals surface area contributed by atoms with Crippen LogP contribution in [0.1, 0.15) is 5.56 Å². The van der Waals surface area contributed by atoms with E-state index in [2.05, 4.69) is 136 Å². The van der Waals surface area contributed by atoms with Gasteiger partial charge in [0.05, 0.1) is 5.69 Å². The van der Waals surface area contributed by atoms with E-state index >= 15 is 0 Å². The largest absolute Gasteiger partial charge is 0.457 e. The summed E-state index contributed by atoms with van der Waals surface area (Å²) >= 11 is 0. The fourth-order valence-corrected chi connectivity index (χ4v) is 6.77. The number of aromatic nitrogens is 4. The summed E-state index contributed by atoms with van der Waals surface area (Å²) in [5, 5.41) is 6.73. The maximum Gasteiger partial charge on any atom is 0.255 e. The number of allylic oxidation sites excluding steroid dienone is 5. The van der Waals surface area contributed by atoms with Gasteiger partial charge in [0.15, 0.2) is 11.0 Å². The topological polar surface area (TPSA) is 35.9 Å². The molecule has 9 rings (SSSR count). The normalized spacial score (nSPS) is 12.4. The van der Waals surface area contributed by atoms with Crippen LogP contribution in [0.2, 0.25) is 0 Å². The molecular formula is C45H31N4O+. The lowest BCUT2D eigenvalue weighted by molar-refractivity contribution is -0.566. The molecule has 2 heterocycles. The van der Waals surface area contributed by atoms with Gasteiger partial charge in [-0.3, -0.25) is 0 Å². The van der Waals surface area contributed by atoms with E-state index in [-0.39, 0.29) is 0 Å². The average Bonchev–Trinajstić information content (AvgIpc) is 3.77. The molecule has 2 aromatic heterocycles. The summed E-state index contributed by atoms with van der Waals surface area (Å²) in [7, 11) is 0. The van der Waals surface area contributed by atoms with E-state index in [0.717, 1.165) is 61.9 Å². The monoisotopic (exact) mass is 643 g/mol. The molecule has 5 heteroatoms. The predicted octanol–water partition coefficient (Wildman–Crippen LogP) is 10.4. The highest BCUT2D eigenvalue weighted by molar-refractivity contribution is 6.03. The highest BCUT2D eigenvalue weighted by atomic mass is 16.5. The Balaban J connectivity index is 1.26. The molecule has 0 fully saturated rings. The molecule has 0 amide bonds. The van der Waals surface area contributed by atoms with Crippen molar-refractivity contribution in [3.05, 3.63) is 200 Å². The van der Waals surface area contributed by atoms with E-state index in [1.807, 2.05) is 71.6 Å². The smallest absolute Gasteiger partial charge is 0.255 e. The van der Waals surface area contributed by atoms with Crippen LogP contribution in [0.5, 0.6) is 11.5 Å². The van der Waals surface area contributed by atoms with Crippen molar-refractivity contribution >= 4 is 27.4 Å². The van der Waals surface area contributed by atoms with Crippen molar-refractivity contribution in [1.82, 2.24) is 14.3 Å². The Morgan fingerprint density at radius 1 is 0.660 bits per heavy atom. The molecule has 0 spiro atoms. The van der Waals surface area contributed by atoms with Crippen LogP contribution in [-0.2, 0) is 0 Å². The zero-order valence-corrected chi connectivity index (χ0v) is 27.1. The van der Waals surface area contributed by atoms with Gasteiger partial charge >= 0.3 is 0 Å². The van der Waals surface area contributed by atoms with Crippen LogP contribution >= 0.6 is 0 Å². The van der Waals surface area contributed by atoms with Crippen molar-refractivity contribution < 1.29 is 9.30 Å². The van der Waals surface area contributed by atoms with Crippen molar-refractivity contribution in [3.8, 4) is 39.7 Å². The second-order valence-corrected chi connectivity index (χ2v) is 12.1. The standard InChI is InChI=1S/C45H31N4O/c1-2-5-15-33(14-4-1)40-24-12-25-41(34-16-6-3-7-17-34)44(40)48-32-47(43-27-26-35-18-8-9-23-42(35)45(43)48)36-19-10-21-38(30-36)50-39-22-11-20-37(31-39)49-29-13-28-46-49/h1,3-32H/q+1. The first-order valence-corrected chi connectivity index (χ1v) is 16.6. The number of ether oxygens (including phenoxy) is 1. The zero-order valence-electron chi connectivity index (χ0n) is 27.1. The summed E-state index contributed by atoms with van der Waals surface area (Å²) in [6, 6.07) is 48.4. The maximum absolute atomic E-state index is 6.45. The summed E-state index contributed by atoms with van der Waals surface area (Å²) in [5.74, 6) is 1.48. The Hall–Kier alpha value is -6.94. The van der Waals surface area contributed by atoms with Crippen LogP contribution in [0.15, 0.2) is 194 Å². The Morgan fingerprint density at radius 2 is 1.44 bits per heavy atom. The van der Waals surface area contributed by atoms with Gasteiger partial charge in [-0.2, -0.15) is 14.2 Å². The summed E-state index contributed by atoms with van der Waals surface area (Å²) in [5.41, 5.74) is 13.0. The molecule has 0 aliphatic heterocycles. The molecule has 0 bridgehead atoms. The van der Waals surface area contributed by atoms with Crippen molar-refractivity contribution in [1.29, 1.82) is 0 Å². The molecule has 50 heavy (non-hydrogen) atoms. The molecule has 5 nitrogen and oxygen atoms in total. The van der Waals surface area contributed by atoms with Gasteiger partial charge in [0, 0.05) is 41.0 Å². The van der Waals surface area contributed by atoms with E-state index in [0.29, 0.717) is 0 Å². The summed E-state index contributed by atoms with van der Waals surface area (Å²) in [6.45, 7) is 0. The highest BCUT2D eigenvalue weighted by Crippen LogP contribution is 2.35. The van der Waals surface area contributed by atoms with Crippen LogP contribution in [0, 0.1) is 0 Å². The minimum absolute atomic E-state index is 0.739. The molecule has 8 aromatic rings. The first kappa shape index (κ1) is 29.2. The molecule has 0 N–H and O–H groups in total. The number of benzene rings is 6. The number of fused-ring (bicyclic) bond motifs is 3. The first-order valence-electron chi connectivity index (χ1n) is 16.6. The molecule has 6 aromatic carbocycles. The van der Waals surface area contributed by atoms with Crippen molar-refractivity contribution in [2.75, 3.05) is 0 Å². The molecule has 1 aliphatic rings. The van der Waals surface area contributed by atoms with Gasteiger partial charge in [0.25, 0.3) is 6.33 Å². The Kier molecular flexibility index (Phi) is 7.35. The van der Waals surface area contributed by atoms with Gasteiger partial charge in [-0.1, -0.05) is 91.0 Å². The van der Waals surface area contributed by atoms with E-state index < -0.39 is 0 Å². The van der Waals surface area contributed by atoms with Crippen molar-refractivity contribution in [2.45, 2.75) is 0 Å². The number of imidazole rings is 1. The molecular weight excluding hydrogens is 613 g/mol. The summed E-state index contributed by atoms with van der Waals surface area (Å²) < 4.78 is 12.9. The lowest BCUT2D eigenvalue weighted by Crippen LogP contribution is -2.31. The van der Waals surface area contributed by atoms with Gasteiger partial charge in [0.1, 0.15) is 22.9 Å². The molecule has 0 radical (unpaired) electrons. The van der Waals surface area contributed by atoms with Crippen LogP contribution < -0.4 is 9.30 Å². The van der Waals surface area contributed by atoms with E-state index in [9.17, 15) is 0 Å². The second kappa shape index (κ2) is 12.6. The number of para-hydroxylation sites is 1. The average molecular weight is 644 g/mol. The molecule has 236 valence electrons. The van der Waals surface area contributed by atoms with Crippen LogP contribution in [0.3, 0.4) is 0 Å². The second-order valence-electron chi connectivity index (χ2n) is 12.1. The number of rotatable bonds is 7. The fourth-order valence-electron chi connectivity index (χ4n) is 6.77. The highest BCUT2D eigenvalue weighted by Gasteiger charge is 2.27. The molecule has 0 unspecified atom stereocenters. The summed E-state index contributed by atoms with van der Waals surface area (Å²) in [4.78, 5) is 0. The van der Waals surface area contributed by atoms with Gasteiger partial charge in [-0.25, -0.2) is 4.68 Å². The van der Waals surface area contributed by atoms with E-state index in [1.165, 1.54) is 10.8 Å². The van der Waals surface area contributed by atoms with E-state index in [4.69, 9.17) is 4.74 Å². The number of nitrogens with zero attached hydrogens (tertiary/aromatic N) is 4. The zero-order chi connectivity index (χ0) is 33.3. The van der Waals surface area contributed by atoms with Crippen molar-refractivity contribution in [2.24, 2.45) is 0 Å². The van der Waals surface area contributed by atoms with Gasteiger partial charge in [-0.15, -0.1) is 5.73 Å². The first-order chi connectivity index (χ1) is 24.8. The van der Waals surface area contributed by atoms with Gasteiger partial charge < -0.3 is 4.74 Å². The molecule has 0 saturated carbocycles. The number of hydrogen-bond donors (Lipinski definition) is 0. The van der Waals surface area contributed by atoms with Crippen LogP contribution in [-0.4, -0.2) is 14.3 Å². The third-order valence-corrected chi connectivity index (χ3v) is 9.03. The Morgan fingerprint density at radius 3 is 2.30 bits per heavy atom. The van der Waals surface area contributed by atoms with Crippen molar-refractivity contribution in [3.63, 3.8) is 0 Å². The lowest BCUT2D eigenvalue weighted by atomic mass is 9.95. The minimum atomic E-state index is 0.739. The Bertz CT molecular complexity index is 2650. The fraction of sp³-hybridized carbons (Fsp3) is 0. The SMILES string of the molecule is C1=CC=CC(c2cccc(-c3ccccc3)c2-[n+]2cn(-c3cccc(Oc4cccc(-n5cccn5)c4)c3)c3ccc4ccccc4c32)=CC=1. The summed E-state index contributed by atoms with van der Waals surface area (Å²) in [6.07, 6.45) is 16.2. The quantitative estimate of drug-likeness (QED) is 0.128. The molecule has 0 saturated heterocycles. The third-order valence-electron chi connectivity index (χ3n) is 9.03. The van der Waals surface area contributed by atoms with E-state index in [1.54, 1.807) is 6.20 Å². The Labute approximate surface area is 289 Å². The van der Waals surface area contributed by atoms with Crippen LogP contribution in [0.4, 0.5) is 0 Å². The minimum Gasteiger partial charge on any atom is -0.457 e.